The first-order valence-corrected chi connectivity index (χ1v) is 6.97. The van der Waals surface area contributed by atoms with Gasteiger partial charge in [-0.3, -0.25) is 4.79 Å². The minimum absolute atomic E-state index is 0.000310. The van der Waals surface area contributed by atoms with Crippen molar-refractivity contribution in [3.63, 3.8) is 0 Å². The van der Waals surface area contributed by atoms with Crippen molar-refractivity contribution in [3.8, 4) is 6.07 Å². The zero-order valence-electron chi connectivity index (χ0n) is 12.0. The van der Waals surface area contributed by atoms with E-state index in [-0.39, 0.29) is 17.9 Å². The Morgan fingerprint density at radius 3 is 2.75 bits per heavy atom. The summed E-state index contributed by atoms with van der Waals surface area (Å²) in [5, 5.41) is 8.77. The molecule has 2 rings (SSSR count). The van der Waals surface area contributed by atoms with E-state index in [4.69, 9.17) is 10.00 Å². The lowest BCUT2D eigenvalue weighted by Gasteiger charge is -2.31. The average molecular weight is 272 g/mol. The van der Waals surface area contributed by atoms with Gasteiger partial charge in [-0.25, -0.2) is 0 Å². The molecule has 1 aliphatic heterocycles. The number of hydrogen-bond donors (Lipinski definition) is 0. The van der Waals surface area contributed by atoms with E-state index in [0.717, 1.165) is 25.0 Å². The molecule has 4 heteroatoms. The number of benzene rings is 1. The maximum absolute atomic E-state index is 12.4. The van der Waals surface area contributed by atoms with Gasteiger partial charge in [0.2, 0.25) is 5.91 Å². The molecule has 106 valence electrons. The molecule has 1 fully saturated rings. The first kappa shape index (κ1) is 14.5. The second-order valence-corrected chi connectivity index (χ2v) is 5.33. The third kappa shape index (κ3) is 3.37. The highest BCUT2D eigenvalue weighted by Crippen LogP contribution is 2.23. The number of nitrogens with zero attached hydrogens (tertiary/aromatic N) is 2. The van der Waals surface area contributed by atoms with Crippen LogP contribution in [-0.4, -0.2) is 30.6 Å². The highest BCUT2D eigenvalue weighted by atomic mass is 16.5. The van der Waals surface area contributed by atoms with Gasteiger partial charge in [-0.2, -0.15) is 5.26 Å². The molecule has 4 nitrogen and oxygen atoms in total. The number of amides is 1. The summed E-state index contributed by atoms with van der Waals surface area (Å²) in [7, 11) is 1.82. The van der Waals surface area contributed by atoms with Crippen molar-refractivity contribution in [1.82, 2.24) is 4.90 Å². The number of rotatable bonds is 3. The Labute approximate surface area is 120 Å². The van der Waals surface area contributed by atoms with Crippen LogP contribution in [-0.2, 0) is 16.1 Å². The van der Waals surface area contributed by atoms with Gasteiger partial charge in [0.15, 0.2) is 0 Å². The van der Waals surface area contributed by atoms with E-state index in [0.29, 0.717) is 12.1 Å². The Morgan fingerprint density at radius 2 is 2.15 bits per heavy atom. The van der Waals surface area contributed by atoms with Gasteiger partial charge in [0.05, 0.1) is 23.7 Å². The van der Waals surface area contributed by atoms with Gasteiger partial charge in [0.1, 0.15) is 0 Å². The van der Waals surface area contributed by atoms with Crippen LogP contribution in [0.25, 0.3) is 0 Å². The molecule has 1 amide bonds. The minimum Gasteiger partial charge on any atom is -0.378 e. The van der Waals surface area contributed by atoms with Crippen LogP contribution < -0.4 is 0 Å². The molecule has 1 aliphatic rings. The Bertz CT molecular complexity index is 504. The molecular formula is C16H20N2O2. The molecule has 0 saturated carbocycles. The molecule has 0 aromatic heterocycles. The first-order chi connectivity index (χ1) is 9.61. The van der Waals surface area contributed by atoms with Gasteiger partial charge in [0.25, 0.3) is 0 Å². The summed E-state index contributed by atoms with van der Waals surface area (Å²) in [6.07, 6.45) is 1.85. The maximum atomic E-state index is 12.4. The molecule has 0 radical (unpaired) electrons. The van der Waals surface area contributed by atoms with Crippen molar-refractivity contribution in [1.29, 1.82) is 5.26 Å². The second-order valence-electron chi connectivity index (χ2n) is 5.33. The molecule has 1 aromatic rings. The van der Waals surface area contributed by atoms with Crippen LogP contribution in [0.1, 0.15) is 30.9 Å². The number of nitriles is 1. The van der Waals surface area contributed by atoms with Crippen LogP contribution in [0.3, 0.4) is 0 Å². The predicted octanol–water partition coefficient (Wildman–Crippen LogP) is 2.33. The molecule has 1 saturated heterocycles. The molecule has 0 bridgehead atoms. The van der Waals surface area contributed by atoms with Crippen LogP contribution in [0.2, 0.25) is 0 Å². The third-order valence-corrected chi connectivity index (χ3v) is 3.80. The number of carbonyl (C=O) groups excluding carboxylic acids is 1. The van der Waals surface area contributed by atoms with E-state index < -0.39 is 0 Å². The van der Waals surface area contributed by atoms with Crippen molar-refractivity contribution in [2.75, 3.05) is 13.7 Å². The van der Waals surface area contributed by atoms with E-state index in [1.165, 1.54) is 0 Å². The average Bonchev–Trinajstić information content (AvgIpc) is 2.48. The lowest BCUT2D eigenvalue weighted by atomic mass is 9.94. The molecule has 2 atom stereocenters. The van der Waals surface area contributed by atoms with Crippen LogP contribution in [0.4, 0.5) is 0 Å². The predicted molar refractivity (Wildman–Crippen MR) is 75.8 cm³/mol. The van der Waals surface area contributed by atoms with E-state index in [2.05, 4.69) is 6.07 Å². The van der Waals surface area contributed by atoms with Crippen LogP contribution in [0.5, 0.6) is 0 Å². The van der Waals surface area contributed by atoms with Gasteiger partial charge in [-0.1, -0.05) is 12.1 Å². The van der Waals surface area contributed by atoms with Crippen LogP contribution in [0.15, 0.2) is 24.3 Å². The zero-order valence-corrected chi connectivity index (χ0v) is 12.0. The van der Waals surface area contributed by atoms with E-state index in [9.17, 15) is 4.79 Å². The van der Waals surface area contributed by atoms with Gasteiger partial charge >= 0.3 is 0 Å². The molecule has 1 heterocycles. The lowest BCUT2D eigenvalue weighted by molar-refractivity contribution is -0.143. The molecule has 0 aliphatic carbocycles. The number of carbonyl (C=O) groups is 1. The summed E-state index contributed by atoms with van der Waals surface area (Å²) in [6.45, 7) is 3.29. The van der Waals surface area contributed by atoms with Gasteiger partial charge in [-0.05, 0) is 37.5 Å². The summed E-state index contributed by atoms with van der Waals surface area (Å²) in [6, 6.07) is 9.43. The summed E-state index contributed by atoms with van der Waals surface area (Å²) < 4.78 is 5.56. The van der Waals surface area contributed by atoms with Gasteiger partial charge < -0.3 is 9.64 Å². The topological polar surface area (TPSA) is 53.3 Å². The quantitative estimate of drug-likeness (QED) is 0.848. The Kier molecular flexibility index (Phi) is 4.75. The number of ether oxygens (including phenoxy) is 1. The largest absolute Gasteiger partial charge is 0.378 e. The highest BCUT2D eigenvalue weighted by Gasteiger charge is 2.30. The SMILES string of the molecule is CC1OCCCC1C(=O)N(C)Cc1ccc(C#N)cc1. The van der Waals surface area contributed by atoms with E-state index >= 15 is 0 Å². The molecule has 0 N–H and O–H groups in total. The fraction of sp³-hybridized carbons (Fsp3) is 0.500. The molecule has 2 unspecified atom stereocenters. The summed E-state index contributed by atoms with van der Waals surface area (Å²) in [5.41, 5.74) is 1.67. The fourth-order valence-electron chi connectivity index (χ4n) is 2.57. The molecule has 0 spiro atoms. The van der Waals surface area contributed by atoms with E-state index in [1.807, 2.05) is 26.1 Å². The van der Waals surface area contributed by atoms with Crippen LogP contribution >= 0.6 is 0 Å². The summed E-state index contributed by atoms with van der Waals surface area (Å²) in [5.74, 6) is 0.105. The zero-order chi connectivity index (χ0) is 14.5. The smallest absolute Gasteiger partial charge is 0.228 e. The Morgan fingerprint density at radius 1 is 1.45 bits per heavy atom. The van der Waals surface area contributed by atoms with Crippen molar-refractivity contribution in [2.24, 2.45) is 5.92 Å². The summed E-state index contributed by atoms with van der Waals surface area (Å²) in [4.78, 5) is 14.2. The molecule has 20 heavy (non-hydrogen) atoms. The lowest BCUT2D eigenvalue weighted by Crippen LogP contribution is -2.40. The third-order valence-electron chi connectivity index (χ3n) is 3.80. The monoisotopic (exact) mass is 272 g/mol. The molecular weight excluding hydrogens is 252 g/mol. The Balaban J connectivity index is 1.98. The highest BCUT2D eigenvalue weighted by molar-refractivity contribution is 5.79. The standard InChI is InChI=1S/C16H20N2O2/c1-12-15(4-3-9-20-12)16(19)18(2)11-14-7-5-13(10-17)6-8-14/h5-8,12,15H,3-4,9,11H2,1-2H3. The number of hydrogen-bond acceptors (Lipinski definition) is 3. The first-order valence-electron chi connectivity index (χ1n) is 6.97. The van der Waals surface area contributed by atoms with Crippen LogP contribution in [0, 0.1) is 17.2 Å². The minimum atomic E-state index is -0.0351. The van der Waals surface area contributed by atoms with E-state index in [1.54, 1.807) is 17.0 Å². The molecule has 1 aromatic carbocycles. The van der Waals surface area contributed by atoms with Crippen molar-refractivity contribution in [3.05, 3.63) is 35.4 Å². The van der Waals surface area contributed by atoms with Crippen molar-refractivity contribution in [2.45, 2.75) is 32.4 Å². The maximum Gasteiger partial charge on any atom is 0.228 e. The van der Waals surface area contributed by atoms with Gasteiger partial charge in [-0.15, -0.1) is 0 Å². The van der Waals surface area contributed by atoms with Crippen molar-refractivity contribution >= 4 is 5.91 Å². The summed E-state index contributed by atoms with van der Waals surface area (Å²) >= 11 is 0. The van der Waals surface area contributed by atoms with Gasteiger partial charge in [0, 0.05) is 20.2 Å². The normalized spacial score (nSPS) is 22.1. The fourth-order valence-corrected chi connectivity index (χ4v) is 2.57. The second kappa shape index (κ2) is 6.53. The Hall–Kier alpha value is -1.86. The van der Waals surface area contributed by atoms with Crippen molar-refractivity contribution < 1.29 is 9.53 Å².